The van der Waals surface area contributed by atoms with E-state index in [4.69, 9.17) is 4.74 Å². The number of rotatable bonds is 9. The van der Waals surface area contributed by atoms with Crippen molar-refractivity contribution in [1.82, 2.24) is 10.6 Å². The van der Waals surface area contributed by atoms with Crippen molar-refractivity contribution in [3.63, 3.8) is 0 Å². The Morgan fingerprint density at radius 2 is 2.00 bits per heavy atom. The van der Waals surface area contributed by atoms with Crippen LogP contribution in [0.5, 0.6) is 5.75 Å². The molecule has 0 saturated heterocycles. The molecule has 1 aromatic carbocycles. The van der Waals surface area contributed by atoms with Crippen molar-refractivity contribution in [2.75, 3.05) is 39.3 Å². The van der Waals surface area contributed by atoms with E-state index in [9.17, 15) is 0 Å². The molecular weight excluding hydrogens is 433 g/mol. The van der Waals surface area contributed by atoms with Gasteiger partial charge in [-0.25, -0.2) is 0 Å². The fourth-order valence-corrected chi connectivity index (χ4v) is 3.32. The summed E-state index contributed by atoms with van der Waals surface area (Å²) in [6.07, 6.45) is 6.98. The molecule has 0 radical (unpaired) electrons. The zero-order chi connectivity index (χ0) is 16.5. The summed E-state index contributed by atoms with van der Waals surface area (Å²) in [5.74, 6) is 3.12. The van der Waals surface area contributed by atoms with Crippen molar-refractivity contribution in [3.05, 3.63) is 29.8 Å². The molecule has 6 heteroatoms. The molecule has 1 saturated carbocycles. The predicted octanol–water partition coefficient (Wildman–Crippen LogP) is 3.65. The average molecular weight is 463 g/mol. The van der Waals surface area contributed by atoms with E-state index >= 15 is 0 Å². The number of para-hydroxylation sites is 1. The largest absolute Gasteiger partial charge is 0.496 e. The number of benzene rings is 1. The Balaban J connectivity index is 0.00000288. The Labute approximate surface area is 167 Å². The van der Waals surface area contributed by atoms with Gasteiger partial charge in [-0.2, -0.15) is 11.8 Å². The lowest BCUT2D eigenvalue weighted by Gasteiger charge is -2.21. The molecule has 4 nitrogen and oxygen atoms in total. The van der Waals surface area contributed by atoms with E-state index in [0.29, 0.717) is 0 Å². The quantitative estimate of drug-likeness (QED) is 0.254. The van der Waals surface area contributed by atoms with E-state index in [2.05, 4.69) is 34.0 Å². The Hall–Kier alpha value is -0.630. The highest BCUT2D eigenvalue weighted by Gasteiger charge is 2.45. The SMILES string of the molecule is CN=C(NCCCCSC)NCC1(c2ccccc2OC)CC1.I. The summed E-state index contributed by atoms with van der Waals surface area (Å²) in [5.41, 5.74) is 1.51. The third kappa shape index (κ3) is 6.02. The normalized spacial score (nSPS) is 15.4. The maximum absolute atomic E-state index is 5.53. The summed E-state index contributed by atoms with van der Waals surface area (Å²) in [7, 11) is 3.58. The van der Waals surface area contributed by atoms with Gasteiger partial charge in [-0.05, 0) is 43.8 Å². The third-order valence-electron chi connectivity index (χ3n) is 4.42. The molecule has 136 valence electrons. The van der Waals surface area contributed by atoms with Gasteiger partial charge in [0.05, 0.1) is 7.11 Å². The molecule has 0 aliphatic heterocycles. The molecule has 1 aliphatic carbocycles. The van der Waals surface area contributed by atoms with Crippen molar-refractivity contribution in [2.45, 2.75) is 31.1 Å². The Morgan fingerprint density at radius 1 is 1.25 bits per heavy atom. The summed E-state index contributed by atoms with van der Waals surface area (Å²) in [6, 6.07) is 8.36. The van der Waals surface area contributed by atoms with Crippen LogP contribution < -0.4 is 15.4 Å². The second-order valence-corrected chi connectivity index (χ2v) is 7.02. The van der Waals surface area contributed by atoms with Crippen molar-refractivity contribution >= 4 is 41.7 Å². The van der Waals surface area contributed by atoms with Gasteiger partial charge in [-0.1, -0.05) is 18.2 Å². The number of nitrogens with zero attached hydrogens (tertiary/aromatic N) is 1. The number of halogens is 1. The van der Waals surface area contributed by atoms with Crippen LogP contribution >= 0.6 is 35.7 Å². The van der Waals surface area contributed by atoms with E-state index in [-0.39, 0.29) is 29.4 Å². The first-order chi connectivity index (χ1) is 11.3. The molecule has 0 amide bonds. The fraction of sp³-hybridized carbons (Fsp3) is 0.611. The molecule has 0 aromatic heterocycles. The molecule has 2 rings (SSSR count). The Bertz CT molecular complexity index is 521. The van der Waals surface area contributed by atoms with E-state index in [1.165, 1.54) is 37.0 Å². The zero-order valence-electron chi connectivity index (χ0n) is 14.9. The topological polar surface area (TPSA) is 45.7 Å². The molecule has 0 bridgehead atoms. The minimum absolute atomic E-state index is 0. The Kier molecular flexibility index (Phi) is 9.88. The molecule has 1 aliphatic rings. The third-order valence-corrected chi connectivity index (χ3v) is 5.11. The van der Waals surface area contributed by atoms with Gasteiger partial charge < -0.3 is 15.4 Å². The number of nitrogens with one attached hydrogen (secondary N) is 2. The molecule has 1 aromatic rings. The van der Waals surface area contributed by atoms with Crippen LogP contribution in [0.4, 0.5) is 0 Å². The average Bonchev–Trinajstić information content (AvgIpc) is 3.38. The number of thioether (sulfide) groups is 1. The highest BCUT2D eigenvalue weighted by molar-refractivity contribution is 14.0. The molecular formula is C18H30IN3OS. The molecule has 0 heterocycles. The maximum Gasteiger partial charge on any atom is 0.191 e. The lowest BCUT2D eigenvalue weighted by molar-refractivity contribution is 0.403. The smallest absolute Gasteiger partial charge is 0.191 e. The summed E-state index contributed by atoms with van der Waals surface area (Å²) in [4.78, 5) is 4.33. The number of hydrogen-bond acceptors (Lipinski definition) is 3. The number of ether oxygens (including phenoxy) is 1. The standard InChI is InChI=1S/C18H29N3OS.HI/c1-19-17(20-12-6-7-13-23-3)21-14-18(10-11-18)15-8-4-5-9-16(15)22-2;/h4-5,8-9H,6-7,10-14H2,1-3H3,(H2,19,20,21);1H. The van der Waals surface area contributed by atoms with Crippen molar-refractivity contribution in [1.29, 1.82) is 0 Å². The van der Waals surface area contributed by atoms with Crippen LogP contribution in [0.15, 0.2) is 29.3 Å². The molecule has 24 heavy (non-hydrogen) atoms. The van der Waals surface area contributed by atoms with E-state index < -0.39 is 0 Å². The van der Waals surface area contributed by atoms with Gasteiger partial charge in [0, 0.05) is 31.1 Å². The first kappa shape index (κ1) is 21.4. The number of unbranched alkanes of at least 4 members (excludes halogenated alkanes) is 1. The van der Waals surface area contributed by atoms with E-state index in [1.54, 1.807) is 7.11 Å². The number of aliphatic imine (C=N–C) groups is 1. The molecule has 0 unspecified atom stereocenters. The van der Waals surface area contributed by atoms with E-state index in [0.717, 1.165) is 24.8 Å². The van der Waals surface area contributed by atoms with Crippen molar-refractivity contribution in [2.24, 2.45) is 4.99 Å². The predicted molar refractivity (Wildman–Crippen MR) is 116 cm³/mol. The highest BCUT2D eigenvalue weighted by atomic mass is 127. The van der Waals surface area contributed by atoms with Crippen LogP contribution in [0.2, 0.25) is 0 Å². The van der Waals surface area contributed by atoms with Crippen LogP contribution in [-0.4, -0.2) is 45.2 Å². The number of methoxy groups -OCH3 is 1. The zero-order valence-corrected chi connectivity index (χ0v) is 18.1. The molecule has 0 spiro atoms. The molecule has 1 fully saturated rings. The highest BCUT2D eigenvalue weighted by Crippen LogP contribution is 2.50. The van der Waals surface area contributed by atoms with Crippen LogP contribution in [0.25, 0.3) is 0 Å². The van der Waals surface area contributed by atoms with Gasteiger partial charge in [-0.3, -0.25) is 4.99 Å². The van der Waals surface area contributed by atoms with Crippen LogP contribution in [0, 0.1) is 0 Å². The first-order valence-electron chi connectivity index (χ1n) is 8.33. The second kappa shape index (κ2) is 11.1. The molecule has 2 N–H and O–H groups in total. The van der Waals surface area contributed by atoms with Crippen LogP contribution in [-0.2, 0) is 5.41 Å². The summed E-state index contributed by atoms with van der Waals surface area (Å²) in [5, 5.41) is 6.90. The molecule has 0 atom stereocenters. The number of guanidine groups is 1. The minimum atomic E-state index is 0. The van der Waals surface area contributed by atoms with Gasteiger partial charge in [0.2, 0.25) is 0 Å². The van der Waals surface area contributed by atoms with Gasteiger partial charge in [-0.15, -0.1) is 24.0 Å². The minimum Gasteiger partial charge on any atom is -0.496 e. The monoisotopic (exact) mass is 463 g/mol. The maximum atomic E-state index is 5.53. The van der Waals surface area contributed by atoms with E-state index in [1.807, 2.05) is 30.9 Å². The second-order valence-electron chi connectivity index (χ2n) is 6.03. The van der Waals surface area contributed by atoms with Gasteiger partial charge in [0.1, 0.15) is 5.75 Å². The van der Waals surface area contributed by atoms with Crippen LogP contribution in [0.3, 0.4) is 0 Å². The van der Waals surface area contributed by atoms with Crippen molar-refractivity contribution < 1.29 is 4.74 Å². The van der Waals surface area contributed by atoms with Gasteiger partial charge in [0.15, 0.2) is 5.96 Å². The Morgan fingerprint density at radius 3 is 2.62 bits per heavy atom. The van der Waals surface area contributed by atoms with Crippen molar-refractivity contribution in [3.8, 4) is 5.75 Å². The summed E-state index contributed by atoms with van der Waals surface area (Å²) >= 11 is 1.90. The number of hydrogen-bond donors (Lipinski definition) is 2. The van der Waals surface area contributed by atoms with Crippen LogP contribution in [0.1, 0.15) is 31.2 Å². The summed E-state index contributed by atoms with van der Waals surface area (Å²) in [6.45, 7) is 1.87. The van der Waals surface area contributed by atoms with Gasteiger partial charge >= 0.3 is 0 Å². The first-order valence-corrected chi connectivity index (χ1v) is 9.72. The van der Waals surface area contributed by atoms with Gasteiger partial charge in [0.25, 0.3) is 0 Å². The summed E-state index contributed by atoms with van der Waals surface area (Å²) < 4.78 is 5.53. The lowest BCUT2D eigenvalue weighted by Crippen LogP contribution is -2.41. The lowest BCUT2D eigenvalue weighted by atomic mass is 9.95. The fourth-order valence-electron chi connectivity index (χ4n) is 2.83.